The van der Waals surface area contributed by atoms with Crippen LogP contribution in [0.2, 0.25) is 0 Å². The molecular weight excluding hydrogens is 190 g/mol. The molecule has 1 atom stereocenters. The van der Waals surface area contributed by atoms with Crippen LogP contribution in [-0.2, 0) is 4.79 Å². The molecule has 0 aromatic rings. The van der Waals surface area contributed by atoms with Gasteiger partial charge in [-0.3, -0.25) is 4.79 Å². The van der Waals surface area contributed by atoms with E-state index in [1.807, 2.05) is 4.90 Å². The highest BCUT2D eigenvalue weighted by molar-refractivity contribution is 5.73. The van der Waals surface area contributed by atoms with Crippen molar-refractivity contribution in [1.82, 2.24) is 9.80 Å². The number of amides is 1. The van der Waals surface area contributed by atoms with Crippen molar-refractivity contribution in [3.8, 4) is 0 Å². The van der Waals surface area contributed by atoms with Gasteiger partial charge in [0.1, 0.15) is 0 Å². The molecule has 0 aromatic carbocycles. The van der Waals surface area contributed by atoms with Crippen molar-refractivity contribution in [2.75, 3.05) is 39.3 Å². The maximum Gasteiger partial charge on any atom is 0.219 e. The van der Waals surface area contributed by atoms with Crippen LogP contribution in [0.15, 0.2) is 0 Å². The molecule has 1 aliphatic rings. The summed E-state index contributed by atoms with van der Waals surface area (Å²) in [6.07, 6.45) is 1.14. The fraction of sp³-hybridized carbons (Fsp3) is 0.909. The third kappa shape index (κ3) is 3.80. The Morgan fingerprint density at radius 3 is 2.80 bits per heavy atom. The lowest BCUT2D eigenvalue weighted by atomic mass is 10.1. The largest absolute Gasteiger partial charge is 0.343 e. The van der Waals surface area contributed by atoms with E-state index >= 15 is 0 Å². The van der Waals surface area contributed by atoms with Gasteiger partial charge in [-0.15, -0.1) is 0 Å². The van der Waals surface area contributed by atoms with E-state index in [2.05, 4.69) is 11.8 Å². The molecule has 2 N–H and O–H groups in total. The first-order valence-electron chi connectivity index (χ1n) is 5.85. The van der Waals surface area contributed by atoms with Crippen LogP contribution in [0, 0.1) is 5.92 Å². The number of rotatable bonds is 5. The second-order valence-corrected chi connectivity index (χ2v) is 4.30. The minimum Gasteiger partial charge on any atom is -0.343 e. The van der Waals surface area contributed by atoms with Crippen LogP contribution in [0.5, 0.6) is 0 Å². The zero-order chi connectivity index (χ0) is 11.3. The second-order valence-electron chi connectivity index (χ2n) is 4.30. The lowest BCUT2D eigenvalue weighted by Gasteiger charge is -2.23. The molecular formula is C11H23N3O. The molecule has 1 aliphatic heterocycles. The average molecular weight is 213 g/mol. The summed E-state index contributed by atoms with van der Waals surface area (Å²) in [6, 6.07) is 0. The Labute approximate surface area is 92.4 Å². The topological polar surface area (TPSA) is 49.6 Å². The fourth-order valence-corrected chi connectivity index (χ4v) is 2.19. The highest BCUT2D eigenvalue weighted by Crippen LogP contribution is 2.17. The first-order chi connectivity index (χ1) is 7.17. The van der Waals surface area contributed by atoms with Gasteiger partial charge in [0.2, 0.25) is 5.91 Å². The van der Waals surface area contributed by atoms with Gasteiger partial charge in [-0.25, -0.2) is 0 Å². The SMILES string of the molecule is CCN(CCN)CC1CCN(C(C)=O)C1. The summed E-state index contributed by atoms with van der Waals surface area (Å²) in [4.78, 5) is 15.5. The summed E-state index contributed by atoms with van der Waals surface area (Å²) in [5, 5.41) is 0. The summed E-state index contributed by atoms with van der Waals surface area (Å²) >= 11 is 0. The van der Waals surface area contributed by atoms with Crippen LogP contribution in [0.3, 0.4) is 0 Å². The number of hydrogen-bond donors (Lipinski definition) is 1. The van der Waals surface area contributed by atoms with Crippen molar-refractivity contribution >= 4 is 5.91 Å². The number of likely N-dealkylation sites (tertiary alicyclic amines) is 1. The Morgan fingerprint density at radius 1 is 1.60 bits per heavy atom. The van der Waals surface area contributed by atoms with Gasteiger partial charge >= 0.3 is 0 Å². The van der Waals surface area contributed by atoms with E-state index in [4.69, 9.17) is 5.73 Å². The van der Waals surface area contributed by atoms with Gasteiger partial charge < -0.3 is 15.5 Å². The predicted octanol–water partition coefficient (Wildman–Crippen LogP) is 0.135. The highest BCUT2D eigenvalue weighted by Gasteiger charge is 2.25. The molecule has 1 amide bonds. The van der Waals surface area contributed by atoms with Gasteiger partial charge in [0.25, 0.3) is 0 Å². The highest BCUT2D eigenvalue weighted by atomic mass is 16.2. The van der Waals surface area contributed by atoms with E-state index in [1.165, 1.54) is 0 Å². The molecule has 1 saturated heterocycles. The van der Waals surface area contributed by atoms with Gasteiger partial charge in [0.05, 0.1) is 0 Å². The molecule has 1 unspecified atom stereocenters. The number of hydrogen-bond acceptors (Lipinski definition) is 3. The zero-order valence-electron chi connectivity index (χ0n) is 9.91. The molecule has 0 saturated carbocycles. The predicted molar refractivity (Wildman–Crippen MR) is 61.5 cm³/mol. The van der Waals surface area contributed by atoms with E-state index in [-0.39, 0.29) is 5.91 Å². The number of likely N-dealkylation sites (N-methyl/N-ethyl adjacent to an activating group) is 1. The smallest absolute Gasteiger partial charge is 0.219 e. The summed E-state index contributed by atoms with van der Waals surface area (Å²) < 4.78 is 0. The molecule has 1 rings (SSSR count). The lowest BCUT2D eigenvalue weighted by molar-refractivity contribution is -0.127. The zero-order valence-corrected chi connectivity index (χ0v) is 9.91. The first-order valence-corrected chi connectivity index (χ1v) is 5.85. The summed E-state index contributed by atoms with van der Waals surface area (Å²) in [7, 11) is 0. The maximum atomic E-state index is 11.2. The average Bonchev–Trinajstić information content (AvgIpc) is 2.65. The van der Waals surface area contributed by atoms with E-state index < -0.39 is 0 Å². The minimum atomic E-state index is 0.208. The van der Waals surface area contributed by atoms with Crippen molar-refractivity contribution in [3.05, 3.63) is 0 Å². The van der Waals surface area contributed by atoms with Crippen LogP contribution < -0.4 is 5.73 Å². The van der Waals surface area contributed by atoms with Gasteiger partial charge in [-0.1, -0.05) is 6.92 Å². The Balaban J connectivity index is 2.30. The van der Waals surface area contributed by atoms with Gasteiger partial charge in [-0.2, -0.15) is 0 Å². The third-order valence-corrected chi connectivity index (χ3v) is 3.14. The van der Waals surface area contributed by atoms with Crippen LogP contribution in [0.25, 0.3) is 0 Å². The normalized spacial score (nSPS) is 21.3. The Kier molecular flexibility index (Phi) is 5.05. The van der Waals surface area contributed by atoms with E-state index in [1.54, 1.807) is 6.92 Å². The number of nitrogens with two attached hydrogens (primary N) is 1. The molecule has 4 nitrogen and oxygen atoms in total. The standard InChI is InChI=1S/C11H23N3O/c1-3-13(7-5-12)8-11-4-6-14(9-11)10(2)15/h11H,3-9,12H2,1-2H3. The van der Waals surface area contributed by atoms with Crippen molar-refractivity contribution in [2.45, 2.75) is 20.3 Å². The first kappa shape index (κ1) is 12.5. The Hall–Kier alpha value is -0.610. The van der Waals surface area contributed by atoms with Crippen LogP contribution in [0.1, 0.15) is 20.3 Å². The van der Waals surface area contributed by atoms with E-state index in [0.29, 0.717) is 5.92 Å². The van der Waals surface area contributed by atoms with E-state index in [0.717, 1.165) is 45.7 Å². The summed E-state index contributed by atoms with van der Waals surface area (Å²) in [5.41, 5.74) is 5.55. The molecule has 4 heteroatoms. The summed E-state index contributed by atoms with van der Waals surface area (Å²) in [5.74, 6) is 0.847. The number of carbonyl (C=O) groups excluding carboxylic acids is 1. The van der Waals surface area contributed by atoms with E-state index in [9.17, 15) is 4.79 Å². The van der Waals surface area contributed by atoms with Crippen LogP contribution in [-0.4, -0.2) is 55.0 Å². The maximum absolute atomic E-state index is 11.2. The molecule has 0 radical (unpaired) electrons. The number of nitrogens with zero attached hydrogens (tertiary/aromatic N) is 2. The molecule has 1 fully saturated rings. The third-order valence-electron chi connectivity index (χ3n) is 3.14. The van der Waals surface area contributed by atoms with Crippen molar-refractivity contribution in [1.29, 1.82) is 0 Å². The molecule has 1 heterocycles. The molecule has 88 valence electrons. The van der Waals surface area contributed by atoms with Gasteiger partial charge in [0, 0.05) is 39.6 Å². The second kappa shape index (κ2) is 6.08. The summed E-state index contributed by atoms with van der Waals surface area (Å²) in [6.45, 7) is 9.49. The lowest BCUT2D eigenvalue weighted by Crippen LogP contribution is -2.35. The fourth-order valence-electron chi connectivity index (χ4n) is 2.19. The monoisotopic (exact) mass is 213 g/mol. The van der Waals surface area contributed by atoms with Crippen LogP contribution >= 0.6 is 0 Å². The van der Waals surface area contributed by atoms with Crippen LogP contribution in [0.4, 0.5) is 0 Å². The molecule has 0 aliphatic carbocycles. The van der Waals surface area contributed by atoms with Crippen molar-refractivity contribution < 1.29 is 4.79 Å². The number of carbonyl (C=O) groups is 1. The molecule has 0 bridgehead atoms. The molecule has 0 spiro atoms. The molecule has 0 aromatic heterocycles. The quantitative estimate of drug-likeness (QED) is 0.706. The Bertz CT molecular complexity index is 208. The minimum absolute atomic E-state index is 0.208. The van der Waals surface area contributed by atoms with Crippen molar-refractivity contribution in [3.63, 3.8) is 0 Å². The van der Waals surface area contributed by atoms with Gasteiger partial charge in [0.15, 0.2) is 0 Å². The van der Waals surface area contributed by atoms with Crippen molar-refractivity contribution in [2.24, 2.45) is 11.7 Å². The molecule has 15 heavy (non-hydrogen) atoms. The Morgan fingerprint density at radius 2 is 2.33 bits per heavy atom. The van der Waals surface area contributed by atoms with Gasteiger partial charge in [-0.05, 0) is 18.9 Å².